The maximum absolute atomic E-state index is 11.7. The van der Waals surface area contributed by atoms with Crippen molar-refractivity contribution in [3.8, 4) is 6.07 Å². The molecule has 0 aromatic rings. The summed E-state index contributed by atoms with van der Waals surface area (Å²) in [6, 6.07) is 2.17. The van der Waals surface area contributed by atoms with E-state index < -0.39 is 10.0 Å². The van der Waals surface area contributed by atoms with Gasteiger partial charge in [-0.1, -0.05) is 6.92 Å². The van der Waals surface area contributed by atoms with Gasteiger partial charge in [-0.05, 0) is 19.3 Å². The fourth-order valence-electron chi connectivity index (χ4n) is 1.45. The topological polar surface area (TPSA) is 61.2 Å². The van der Waals surface area contributed by atoms with E-state index in [1.807, 2.05) is 13.0 Å². The van der Waals surface area contributed by atoms with E-state index in [1.54, 1.807) is 0 Å². The molecule has 5 heteroatoms. The molecule has 1 aliphatic rings. The van der Waals surface area contributed by atoms with Crippen LogP contribution in [0.2, 0.25) is 0 Å². The molecule has 0 unspecified atom stereocenters. The zero-order valence-electron chi connectivity index (χ0n) is 8.44. The van der Waals surface area contributed by atoms with Crippen molar-refractivity contribution in [3.05, 3.63) is 0 Å². The first kappa shape index (κ1) is 11.5. The lowest BCUT2D eigenvalue weighted by Gasteiger charge is -2.19. The first-order valence-electron chi connectivity index (χ1n) is 4.98. The molecule has 1 saturated carbocycles. The van der Waals surface area contributed by atoms with Crippen molar-refractivity contribution in [2.24, 2.45) is 0 Å². The first-order valence-corrected chi connectivity index (χ1v) is 6.59. The number of nitrogens with zero attached hydrogens (tertiary/aromatic N) is 2. The summed E-state index contributed by atoms with van der Waals surface area (Å²) >= 11 is 0. The molecule has 1 rings (SSSR count). The van der Waals surface area contributed by atoms with Gasteiger partial charge in [0, 0.05) is 19.0 Å². The molecule has 80 valence electrons. The van der Waals surface area contributed by atoms with E-state index in [4.69, 9.17) is 5.26 Å². The molecule has 0 amide bonds. The second-order valence-corrected chi connectivity index (χ2v) is 5.61. The molecule has 0 radical (unpaired) electrons. The van der Waals surface area contributed by atoms with Crippen molar-refractivity contribution in [1.82, 2.24) is 4.31 Å². The first-order chi connectivity index (χ1) is 6.61. The van der Waals surface area contributed by atoms with Gasteiger partial charge in [0.05, 0.1) is 11.8 Å². The van der Waals surface area contributed by atoms with Gasteiger partial charge in [0.2, 0.25) is 10.0 Å². The van der Waals surface area contributed by atoms with Gasteiger partial charge in [0.1, 0.15) is 0 Å². The Kier molecular flexibility index (Phi) is 3.90. The van der Waals surface area contributed by atoms with Crippen LogP contribution in [0.15, 0.2) is 0 Å². The van der Waals surface area contributed by atoms with Crippen LogP contribution in [-0.4, -0.2) is 31.1 Å². The van der Waals surface area contributed by atoms with Crippen LogP contribution in [0.5, 0.6) is 0 Å². The van der Waals surface area contributed by atoms with Gasteiger partial charge in [-0.3, -0.25) is 0 Å². The molecular formula is C9H16N2O2S. The highest BCUT2D eigenvalue weighted by molar-refractivity contribution is 7.89. The number of rotatable bonds is 6. The molecule has 0 atom stereocenters. The molecule has 0 aliphatic heterocycles. The number of hydrogen-bond donors (Lipinski definition) is 0. The van der Waals surface area contributed by atoms with E-state index in [0.29, 0.717) is 19.4 Å². The predicted octanol–water partition coefficient (Wildman–Crippen LogP) is 1.10. The molecule has 1 fully saturated rings. The minimum Gasteiger partial charge on any atom is -0.212 e. The Balaban J connectivity index is 2.62. The third-order valence-corrected chi connectivity index (χ3v) is 4.34. The maximum Gasteiger partial charge on any atom is 0.214 e. The molecule has 1 aliphatic carbocycles. The van der Waals surface area contributed by atoms with Crippen LogP contribution in [-0.2, 0) is 10.0 Å². The molecule has 0 spiro atoms. The Morgan fingerprint density at radius 2 is 2.14 bits per heavy atom. The van der Waals surface area contributed by atoms with Crippen LogP contribution < -0.4 is 0 Å². The summed E-state index contributed by atoms with van der Waals surface area (Å²) in [5, 5.41) is 8.44. The lowest BCUT2D eigenvalue weighted by molar-refractivity contribution is 0.410. The van der Waals surface area contributed by atoms with Crippen molar-refractivity contribution in [2.75, 3.05) is 12.3 Å². The van der Waals surface area contributed by atoms with Gasteiger partial charge in [-0.25, -0.2) is 8.42 Å². The highest BCUT2D eigenvalue weighted by Crippen LogP contribution is 2.29. The summed E-state index contributed by atoms with van der Waals surface area (Å²) in [5.74, 6) is 0.203. The smallest absolute Gasteiger partial charge is 0.212 e. The molecule has 0 bridgehead atoms. The fourth-order valence-corrected chi connectivity index (χ4v) is 3.23. The van der Waals surface area contributed by atoms with Crippen LogP contribution in [0, 0.1) is 11.3 Å². The molecule has 0 saturated heterocycles. The van der Waals surface area contributed by atoms with Gasteiger partial charge in [-0.2, -0.15) is 9.57 Å². The molecular weight excluding hydrogens is 200 g/mol. The normalized spacial score (nSPS) is 16.9. The van der Waals surface area contributed by atoms with Crippen molar-refractivity contribution >= 4 is 10.0 Å². The van der Waals surface area contributed by atoms with Crippen molar-refractivity contribution in [1.29, 1.82) is 5.26 Å². The Bertz CT molecular complexity index is 314. The van der Waals surface area contributed by atoms with E-state index in [2.05, 4.69) is 0 Å². The third kappa shape index (κ3) is 2.96. The lowest BCUT2D eigenvalue weighted by atomic mass is 10.4. The Labute approximate surface area is 85.6 Å². The standard InChI is InChI=1S/C9H16N2O2S/c1-2-8-14(12,13)11(7-3-6-10)9-4-5-9/h9H,2-5,7-8H2,1H3. The van der Waals surface area contributed by atoms with Crippen LogP contribution >= 0.6 is 0 Å². The lowest BCUT2D eigenvalue weighted by Crippen LogP contribution is -2.35. The molecule has 14 heavy (non-hydrogen) atoms. The van der Waals surface area contributed by atoms with Crippen molar-refractivity contribution < 1.29 is 8.42 Å². The summed E-state index contributed by atoms with van der Waals surface area (Å²) in [6.07, 6.45) is 2.83. The van der Waals surface area contributed by atoms with Crippen LogP contribution in [0.4, 0.5) is 0 Å². The van der Waals surface area contributed by atoms with E-state index in [9.17, 15) is 8.42 Å². The summed E-state index contributed by atoms with van der Waals surface area (Å²) in [4.78, 5) is 0. The highest BCUT2D eigenvalue weighted by Gasteiger charge is 2.35. The largest absolute Gasteiger partial charge is 0.214 e. The third-order valence-electron chi connectivity index (χ3n) is 2.22. The average molecular weight is 216 g/mol. The van der Waals surface area contributed by atoms with Crippen LogP contribution in [0.25, 0.3) is 0 Å². The number of nitriles is 1. The second kappa shape index (κ2) is 4.76. The minimum absolute atomic E-state index is 0.180. The quantitative estimate of drug-likeness (QED) is 0.668. The minimum atomic E-state index is -3.10. The molecule has 4 nitrogen and oxygen atoms in total. The van der Waals surface area contributed by atoms with Crippen LogP contribution in [0.3, 0.4) is 0 Å². The monoisotopic (exact) mass is 216 g/mol. The second-order valence-electron chi connectivity index (χ2n) is 3.57. The fraction of sp³-hybridized carbons (Fsp3) is 0.889. The Morgan fingerprint density at radius 3 is 2.57 bits per heavy atom. The molecule has 0 aromatic heterocycles. The SMILES string of the molecule is CCCS(=O)(=O)N(CCC#N)C1CC1. The van der Waals surface area contributed by atoms with Crippen molar-refractivity contribution in [2.45, 2.75) is 38.6 Å². The molecule has 0 heterocycles. The summed E-state index contributed by atoms with van der Waals surface area (Å²) in [6.45, 7) is 2.22. The van der Waals surface area contributed by atoms with E-state index in [-0.39, 0.29) is 11.8 Å². The Hall–Kier alpha value is -0.600. The summed E-state index contributed by atoms with van der Waals surface area (Å²) in [7, 11) is -3.10. The Morgan fingerprint density at radius 1 is 1.50 bits per heavy atom. The van der Waals surface area contributed by atoms with E-state index in [1.165, 1.54) is 4.31 Å². The van der Waals surface area contributed by atoms with E-state index in [0.717, 1.165) is 12.8 Å². The van der Waals surface area contributed by atoms with E-state index >= 15 is 0 Å². The van der Waals surface area contributed by atoms with Gasteiger partial charge in [0.15, 0.2) is 0 Å². The molecule has 0 N–H and O–H groups in total. The number of sulfonamides is 1. The van der Waals surface area contributed by atoms with Crippen molar-refractivity contribution in [3.63, 3.8) is 0 Å². The predicted molar refractivity (Wildman–Crippen MR) is 54.0 cm³/mol. The van der Waals surface area contributed by atoms with Gasteiger partial charge < -0.3 is 0 Å². The van der Waals surface area contributed by atoms with Crippen LogP contribution in [0.1, 0.15) is 32.6 Å². The summed E-state index contributed by atoms with van der Waals surface area (Å²) in [5.41, 5.74) is 0. The maximum atomic E-state index is 11.7. The summed E-state index contributed by atoms with van der Waals surface area (Å²) < 4.78 is 25.0. The zero-order valence-corrected chi connectivity index (χ0v) is 9.26. The molecule has 0 aromatic carbocycles. The number of hydrogen-bond acceptors (Lipinski definition) is 3. The van der Waals surface area contributed by atoms with Gasteiger partial charge >= 0.3 is 0 Å². The van der Waals surface area contributed by atoms with Gasteiger partial charge in [0.25, 0.3) is 0 Å². The zero-order chi connectivity index (χ0) is 10.6. The average Bonchev–Trinajstić information content (AvgIpc) is 2.88. The van der Waals surface area contributed by atoms with Gasteiger partial charge in [-0.15, -0.1) is 0 Å². The highest BCUT2D eigenvalue weighted by atomic mass is 32.2.